The van der Waals surface area contributed by atoms with Crippen LogP contribution in [0.4, 0.5) is 0 Å². The van der Waals surface area contributed by atoms with Crippen molar-refractivity contribution < 1.29 is 19.1 Å². The Balaban J connectivity index is 2.42. The summed E-state index contributed by atoms with van der Waals surface area (Å²) >= 11 is 0. The van der Waals surface area contributed by atoms with E-state index in [1.165, 1.54) is 7.11 Å². The molecule has 0 aromatic heterocycles. The Morgan fingerprint density at radius 3 is 1.95 bits per heavy atom. The van der Waals surface area contributed by atoms with E-state index in [4.69, 9.17) is 9.47 Å². The van der Waals surface area contributed by atoms with Crippen LogP contribution in [0.15, 0.2) is 60.7 Å². The SMILES string of the molecule is C=C(C)C(=O)Oc1ccccc1C(=O)c1ccccc1OC. The average molecular weight is 296 g/mol. The number of ether oxygens (including phenoxy) is 2. The van der Waals surface area contributed by atoms with Gasteiger partial charge in [-0.3, -0.25) is 4.79 Å². The van der Waals surface area contributed by atoms with Gasteiger partial charge in [0.15, 0.2) is 0 Å². The van der Waals surface area contributed by atoms with Crippen LogP contribution in [0, 0.1) is 0 Å². The lowest BCUT2D eigenvalue weighted by atomic mass is 10.0. The minimum absolute atomic E-state index is 0.200. The van der Waals surface area contributed by atoms with Crippen LogP contribution in [-0.2, 0) is 4.79 Å². The Morgan fingerprint density at radius 1 is 0.909 bits per heavy atom. The topological polar surface area (TPSA) is 52.6 Å². The van der Waals surface area contributed by atoms with Gasteiger partial charge in [-0.15, -0.1) is 0 Å². The molecule has 0 amide bonds. The van der Waals surface area contributed by atoms with E-state index in [2.05, 4.69) is 6.58 Å². The normalized spacial score (nSPS) is 9.91. The lowest BCUT2D eigenvalue weighted by Gasteiger charge is -2.11. The van der Waals surface area contributed by atoms with Crippen LogP contribution in [0.5, 0.6) is 11.5 Å². The molecule has 0 saturated carbocycles. The van der Waals surface area contributed by atoms with Gasteiger partial charge in [0.1, 0.15) is 11.5 Å². The van der Waals surface area contributed by atoms with E-state index in [0.29, 0.717) is 16.9 Å². The number of ketones is 1. The first-order chi connectivity index (χ1) is 10.5. The Labute approximate surface area is 129 Å². The predicted molar refractivity (Wildman–Crippen MR) is 83.3 cm³/mol. The van der Waals surface area contributed by atoms with Crippen molar-refractivity contribution in [1.82, 2.24) is 0 Å². The third kappa shape index (κ3) is 3.23. The Bertz CT molecular complexity index is 731. The molecule has 4 nitrogen and oxygen atoms in total. The number of methoxy groups -OCH3 is 1. The molecule has 0 saturated heterocycles. The van der Waals surface area contributed by atoms with Crippen molar-refractivity contribution in [3.63, 3.8) is 0 Å². The first-order valence-electron chi connectivity index (χ1n) is 6.69. The molecular formula is C18H16O4. The summed E-state index contributed by atoms with van der Waals surface area (Å²) in [6.07, 6.45) is 0. The molecule has 0 spiro atoms. The number of para-hydroxylation sites is 2. The predicted octanol–water partition coefficient (Wildman–Crippen LogP) is 3.41. The lowest BCUT2D eigenvalue weighted by molar-refractivity contribution is -0.130. The maximum absolute atomic E-state index is 12.7. The van der Waals surface area contributed by atoms with Gasteiger partial charge in [0.2, 0.25) is 5.78 Å². The molecule has 0 heterocycles. The molecule has 0 bridgehead atoms. The summed E-state index contributed by atoms with van der Waals surface area (Å²) in [5, 5.41) is 0. The fourth-order valence-corrected chi connectivity index (χ4v) is 1.91. The zero-order valence-corrected chi connectivity index (χ0v) is 12.5. The molecule has 22 heavy (non-hydrogen) atoms. The molecule has 2 aromatic rings. The number of carbonyl (C=O) groups excluding carboxylic acids is 2. The van der Waals surface area contributed by atoms with Gasteiger partial charge < -0.3 is 9.47 Å². The first kappa shape index (κ1) is 15.5. The Morgan fingerprint density at radius 2 is 1.41 bits per heavy atom. The van der Waals surface area contributed by atoms with Gasteiger partial charge >= 0.3 is 5.97 Å². The van der Waals surface area contributed by atoms with Crippen LogP contribution < -0.4 is 9.47 Å². The largest absolute Gasteiger partial charge is 0.496 e. The van der Waals surface area contributed by atoms with Crippen LogP contribution in [0.2, 0.25) is 0 Å². The third-order valence-corrected chi connectivity index (χ3v) is 3.03. The fraction of sp³-hybridized carbons (Fsp3) is 0.111. The van der Waals surface area contributed by atoms with Gasteiger partial charge in [-0.1, -0.05) is 30.8 Å². The minimum atomic E-state index is -0.569. The third-order valence-electron chi connectivity index (χ3n) is 3.03. The maximum Gasteiger partial charge on any atom is 0.338 e. The summed E-state index contributed by atoms with van der Waals surface area (Å²) in [5.74, 6) is -0.178. The highest BCUT2D eigenvalue weighted by Gasteiger charge is 2.19. The highest BCUT2D eigenvalue weighted by atomic mass is 16.5. The zero-order chi connectivity index (χ0) is 16.1. The quantitative estimate of drug-likeness (QED) is 0.367. The van der Waals surface area contributed by atoms with Crippen molar-refractivity contribution >= 4 is 11.8 Å². The van der Waals surface area contributed by atoms with Gasteiger partial charge in [0.25, 0.3) is 0 Å². The summed E-state index contributed by atoms with van der Waals surface area (Å²) < 4.78 is 10.4. The van der Waals surface area contributed by atoms with Crippen LogP contribution >= 0.6 is 0 Å². The smallest absolute Gasteiger partial charge is 0.338 e. The number of carbonyl (C=O) groups is 2. The molecule has 0 fully saturated rings. The Hall–Kier alpha value is -2.88. The van der Waals surface area contributed by atoms with Crippen molar-refractivity contribution in [3.05, 3.63) is 71.8 Å². The second-order valence-corrected chi connectivity index (χ2v) is 4.70. The summed E-state index contributed by atoms with van der Waals surface area (Å²) in [5.41, 5.74) is 0.963. The van der Waals surface area contributed by atoms with E-state index in [-0.39, 0.29) is 17.1 Å². The van der Waals surface area contributed by atoms with Crippen molar-refractivity contribution in [2.75, 3.05) is 7.11 Å². The molecule has 0 aliphatic rings. The monoisotopic (exact) mass is 296 g/mol. The molecule has 0 radical (unpaired) electrons. The summed E-state index contributed by atoms with van der Waals surface area (Å²) in [6, 6.07) is 13.5. The molecule has 0 aliphatic carbocycles. The summed E-state index contributed by atoms with van der Waals surface area (Å²) in [7, 11) is 1.50. The average Bonchev–Trinajstić information content (AvgIpc) is 2.54. The molecule has 112 valence electrons. The van der Waals surface area contributed by atoms with Crippen molar-refractivity contribution in [2.24, 2.45) is 0 Å². The number of esters is 1. The van der Waals surface area contributed by atoms with Gasteiger partial charge in [-0.05, 0) is 31.2 Å². The zero-order valence-electron chi connectivity index (χ0n) is 12.5. The molecule has 0 aliphatic heterocycles. The number of hydrogen-bond donors (Lipinski definition) is 0. The van der Waals surface area contributed by atoms with Crippen molar-refractivity contribution in [1.29, 1.82) is 0 Å². The molecule has 2 aromatic carbocycles. The van der Waals surface area contributed by atoms with Crippen molar-refractivity contribution in [2.45, 2.75) is 6.92 Å². The van der Waals surface area contributed by atoms with Gasteiger partial charge in [0.05, 0.1) is 18.2 Å². The molecule has 4 heteroatoms. The second kappa shape index (κ2) is 6.72. The fourth-order valence-electron chi connectivity index (χ4n) is 1.91. The second-order valence-electron chi connectivity index (χ2n) is 4.70. The number of hydrogen-bond acceptors (Lipinski definition) is 4. The van der Waals surface area contributed by atoms with Crippen LogP contribution in [0.1, 0.15) is 22.8 Å². The van der Waals surface area contributed by atoms with Gasteiger partial charge in [0, 0.05) is 5.57 Å². The Kier molecular flexibility index (Phi) is 4.73. The van der Waals surface area contributed by atoms with Crippen molar-refractivity contribution in [3.8, 4) is 11.5 Å². The molecule has 0 atom stereocenters. The maximum atomic E-state index is 12.7. The minimum Gasteiger partial charge on any atom is -0.496 e. The van der Waals surface area contributed by atoms with Crippen LogP contribution in [0.25, 0.3) is 0 Å². The number of rotatable bonds is 5. The van der Waals surface area contributed by atoms with E-state index >= 15 is 0 Å². The summed E-state index contributed by atoms with van der Waals surface area (Å²) in [6.45, 7) is 5.08. The van der Waals surface area contributed by atoms with Gasteiger partial charge in [-0.25, -0.2) is 4.79 Å². The van der Waals surface area contributed by atoms with E-state index in [1.54, 1.807) is 55.5 Å². The van der Waals surface area contributed by atoms with E-state index in [9.17, 15) is 9.59 Å². The molecule has 0 N–H and O–H groups in total. The standard InChI is InChI=1S/C18H16O4/c1-12(2)18(20)22-16-11-7-5-9-14(16)17(19)13-8-4-6-10-15(13)21-3/h4-11H,1H2,2-3H3. The van der Waals surface area contributed by atoms with Crippen LogP contribution in [0.3, 0.4) is 0 Å². The lowest BCUT2D eigenvalue weighted by Crippen LogP contribution is -2.12. The van der Waals surface area contributed by atoms with E-state index in [0.717, 1.165) is 0 Å². The molecule has 2 rings (SSSR count). The van der Waals surface area contributed by atoms with E-state index < -0.39 is 5.97 Å². The van der Waals surface area contributed by atoms with Gasteiger partial charge in [-0.2, -0.15) is 0 Å². The molecular weight excluding hydrogens is 280 g/mol. The first-order valence-corrected chi connectivity index (χ1v) is 6.69. The highest BCUT2D eigenvalue weighted by molar-refractivity contribution is 6.12. The number of benzene rings is 2. The summed E-state index contributed by atoms with van der Waals surface area (Å²) in [4.78, 5) is 24.4. The highest BCUT2D eigenvalue weighted by Crippen LogP contribution is 2.26. The van der Waals surface area contributed by atoms with E-state index in [1.807, 2.05) is 0 Å². The van der Waals surface area contributed by atoms with Crippen LogP contribution in [-0.4, -0.2) is 18.9 Å². The molecule has 0 unspecified atom stereocenters.